The van der Waals surface area contributed by atoms with Crippen LogP contribution in [0.2, 0.25) is 0 Å². The molecule has 30 heavy (non-hydrogen) atoms. The van der Waals surface area contributed by atoms with Gasteiger partial charge >= 0.3 is 0 Å². The van der Waals surface area contributed by atoms with Gasteiger partial charge in [-0.2, -0.15) is 4.31 Å². The number of nitrogens with zero attached hydrogens (tertiary/aromatic N) is 1. The summed E-state index contributed by atoms with van der Waals surface area (Å²) in [6.07, 6.45) is 0.356. The van der Waals surface area contributed by atoms with Gasteiger partial charge in [-0.15, -0.1) is 0 Å². The Bertz CT molecular complexity index is 1000. The standard InChI is InChI=1S/C20H21F3N2O4S/c21-14-4-6-15(7-5-14)29-13-20(12-18(24)26)8-10-25(11-9-20)30(27,28)19-16(22)2-1-3-17(19)23/h1-7H,8-13H2,(H2,24,26). The summed E-state index contributed by atoms with van der Waals surface area (Å²) >= 11 is 0. The monoisotopic (exact) mass is 442 g/mol. The Morgan fingerprint density at radius 3 is 2.13 bits per heavy atom. The van der Waals surface area contributed by atoms with Crippen LogP contribution in [0.4, 0.5) is 13.2 Å². The van der Waals surface area contributed by atoms with Crippen LogP contribution in [0.1, 0.15) is 19.3 Å². The summed E-state index contributed by atoms with van der Waals surface area (Å²) in [5.74, 6) is -2.93. The molecule has 6 nitrogen and oxygen atoms in total. The number of rotatable bonds is 7. The van der Waals surface area contributed by atoms with Gasteiger partial charge in [-0.1, -0.05) is 6.07 Å². The van der Waals surface area contributed by atoms with Crippen molar-refractivity contribution in [3.05, 3.63) is 59.9 Å². The number of piperidine rings is 1. The van der Waals surface area contributed by atoms with Gasteiger partial charge in [0.05, 0.1) is 6.61 Å². The van der Waals surface area contributed by atoms with Gasteiger partial charge in [-0.3, -0.25) is 4.79 Å². The van der Waals surface area contributed by atoms with Gasteiger partial charge < -0.3 is 10.5 Å². The molecule has 0 aromatic heterocycles. The van der Waals surface area contributed by atoms with Crippen molar-refractivity contribution in [2.45, 2.75) is 24.2 Å². The maximum Gasteiger partial charge on any atom is 0.248 e. The number of hydrogen-bond donors (Lipinski definition) is 1. The Balaban J connectivity index is 1.76. The minimum absolute atomic E-state index is 0.0455. The molecule has 1 aliphatic heterocycles. The van der Waals surface area contributed by atoms with Gasteiger partial charge in [0.1, 0.15) is 23.2 Å². The van der Waals surface area contributed by atoms with Crippen molar-refractivity contribution in [2.24, 2.45) is 11.1 Å². The molecule has 1 fully saturated rings. The molecule has 0 atom stereocenters. The summed E-state index contributed by atoms with van der Waals surface area (Å²) in [5, 5.41) is 0. The SMILES string of the molecule is NC(=O)CC1(COc2ccc(F)cc2)CCN(S(=O)(=O)c2c(F)cccc2F)CC1. The molecule has 0 aliphatic carbocycles. The first-order valence-corrected chi connectivity index (χ1v) is 10.7. The number of amides is 1. The molecule has 0 spiro atoms. The van der Waals surface area contributed by atoms with E-state index in [1.54, 1.807) is 0 Å². The lowest BCUT2D eigenvalue weighted by molar-refractivity contribution is -0.121. The van der Waals surface area contributed by atoms with E-state index in [2.05, 4.69) is 0 Å². The van der Waals surface area contributed by atoms with E-state index in [-0.39, 0.29) is 39.0 Å². The highest BCUT2D eigenvalue weighted by Gasteiger charge is 2.41. The number of hydrogen-bond acceptors (Lipinski definition) is 4. The largest absolute Gasteiger partial charge is 0.493 e. The van der Waals surface area contributed by atoms with Crippen LogP contribution in [-0.2, 0) is 14.8 Å². The van der Waals surface area contributed by atoms with Crippen molar-refractivity contribution in [1.82, 2.24) is 4.31 Å². The molecule has 0 saturated carbocycles. The summed E-state index contributed by atoms with van der Waals surface area (Å²) in [5.41, 5.74) is 4.62. The molecule has 1 heterocycles. The molecule has 2 aromatic carbocycles. The van der Waals surface area contributed by atoms with Gasteiger partial charge in [-0.05, 0) is 49.2 Å². The molecule has 3 rings (SSSR count). The van der Waals surface area contributed by atoms with Gasteiger partial charge in [0.15, 0.2) is 4.90 Å². The van der Waals surface area contributed by atoms with E-state index in [9.17, 15) is 26.4 Å². The summed E-state index contributed by atoms with van der Waals surface area (Å²) < 4.78 is 73.3. The Kier molecular flexibility index (Phi) is 6.37. The molecule has 0 radical (unpaired) electrons. The van der Waals surface area contributed by atoms with Crippen LogP contribution < -0.4 is 10.5 Å². The molecular weight excluding hydrogens is 421 g/mol. The third kappa shape index (κ3) is 4.76. The molecule has 162 valence electrons. The predicted octanol–water partition coefficient (Wildman–Crippen LogP) is 2.83. The quantitative estimate of drug-likeness (QED) is 0.714. The van der Waals surface area contributed by atoms with Crippen molar-refractivity contribution in [3.8, 4) is 5.75 Å². The molecule has 1 aliphatic rings. The van der Waals surface area contributed by atoms with Crippen molar-refractivity contribution in [1.29, 1.82) is 0 Å². The number of nitrogens with two attached hydrogens (primary N) is 1. The Hall–Kier alpha value is -2.59. The van der Waals surface area contributed by atoms with Gasteiger partial charge in [0, 0.05) is 24.9 Å². The second-order valence-electron chi connectivity index (χ2n) is 7.34. The molecule has 10 heteroatoms. The summed E-state index contributed by atoms with van der Waals surface area (Å²) in [6.45, 7) is -0.0597. The Morgan fingerprint density at radius 2 is 1.60 bits per heavy atom. The van der Waals surface area contributed by atoms with Gasteiger partial charge in [0.25, 0.3) is 0 Å². The van der Waals surface area contributed by atoms with Crippen LogP contribution in [-0.4, -0.2) is 38.3 Å². The van der Waals surface area contributed by atoms with Gasteiger partial charge in [-0.25, -0.2) is 21.6 Å². The molecule has 0 unspecified atom stereocenters. The third-order valence-corrected chi connectivity index (χ3v) is 7.16. The molecule has 1 amide bonds. The molecular formula is C20H21F3N2O4S. The fourth-order valence-corrected chi connectivity index (χ4v) is 5.12. The number of halogens is 3. The number of carbonyl (C=O) groups excluding carboxylic acids is 1. The van der Waals surface area contributed by atoms with Crippen molar-refractivity contribution >= 4 is 15.9 Å². The lowest BCUT2D eigenvalue weighted by Crippen LogP contribution is -2.47. The second kappa shape index (κ2) is 8.65. The molecule has 2 N–H and O–H groups in total. The van der Waals surface area contributed by atoms with E-state index in [4.69, 9.17) is 10.5 Å². The maximum atomic E-state index is 14.0. The summed E-state index contributed by atoms with van der Waals surface area (Å²) in [6, 6.07) is 8.19. The lowest BCUT2D eigenvalue weighted by atomic mass is 9.76. The molecule has 2 aromatic rings. The maximum absolute atomic E-state index is 14.0. The third-order valence-electron chi connectivity index (χ3n) is 5.21. The Labute approximate surface area is 172 Å². The highest BCUT2D eigenvalue weighted by molar-refractivity contribution is 7.89. The van der Waals surface area contributed by atoms with E-state index in [1.165, 1.54) is 24.3 Å². The van der Waals surface area contributed by atoms with E-state index in [0.717, 1.165) is 22.5 Å². The van der Waals surface area contributed by atoms with Crippen molar-refractivity contribution < 1.29 is 31.1 Å². The zero-order valence-electron chi connectivity index (χ0n) is 16.0. The number of sulfonamides is 1. The number of primary amides is 1. The van der Waals surface area contributed by atoms with Crippen molar-refractivity contribution in [2.75, 3.05) is 19.7 Å². The first kappa shape index (κ1) is 22.1. The van der Waals surface area contributed by atoms with E-state index < -0.39 is 43.7 Å². The highest BCUT2D eigenvalue weighted by atomic mass is 32.2. The smallest absolute Gasteiger partial charge is 0.248 e. The minimum atomic E-state index is -4.39. The van der Waals surface area contributed by atoms with Crippen LogP contribution in [0, 0.1) is 22.9 Å². The van der Waals surface area contributed by atoms with Crippen molar-refractivity contribution in [3.63, 3.8) is 0 Å². The molecule has 1 saturated heterocycles. The summed E-state index contributed by atoms with van der Waals surface area (Å²) in [4.78, 5) is 10.6. The first-order valence-electron chi connectivity index (χ1n) is 9.24. The van der Waals surface area contributed by atoms with Crippen LogP contribution in [0.15, 0.2) is 47.4 Å². The summed E-state index contributed by atoms with van der Waals surface area (Å²) in [7, 11) is -4.39. The topological polar surface area (TPSA) is 89.7 Å². The van der Waals surface area contributed by atoms with Crippen LogP contribution in [0.5, 0.6) is 5.75 Å². The lowest BCUT2D eigenvalue weighted by Gasteiger charge is -2.40. The number of carbonyl (C=O) groups is 1. The van der Waals surface area contributed by atoms with Gasteiger partial charge in [0.2, 0.25) is 15.9 Å². The van der Waals surface area contributed by atoms with E-state index in [0.29, 0.717) is 5.75 Å². The second-order valence-corrected chi connectivity index (χ2v) is 9.22. The minimum Gasteiger partial charge on any atom is -0.493 e. The van der Waals surface area contributed by atoms with Crippen LogP contribution in [0.3, 0.4) is 0 Å². The molecule has 0 bridgehead atoms. The van der Waals surface area contributed by atoms with Crippen LogP contribution in [0.25, 0.3) is 0 Å². The fourth-order valence-electron chi connectivity index (χ4n) is 3.57. The van der Waals surface area contributed by atoms with E-state index >= 15 is 0 Å². The average Bonchev–Trinajstić information content (AvgIpc) is 2.67. The normalized spacial score (nSPS) is 16.9. The zero-order chi connectivity index (χ0) is 21.9. The number of benzene rings is 2. The average molecular weight is 442 g/mol. The number of ether oxygens (including phenoxy) is 1. The van der Waals surface area contributed by atoms with E-state index in [1.807, 2.05) is 0 Å². The van der Waals surface area contributed by atoms with Crippen LogP contribution >= 0.6 is 0 Å². The zero-order valence-corrected chi connectivity index (χ0v) is 16.8. The highest BCUT2D eigenvalue weighted by Crippen LogP contribution is 2.38. The Morgan fingerprint density at radius 1 is 1.03 bits per heavy atom. The fraction of sp³-hybridized carbons (Fsp3) is 0.350. The predicted molar refractivity (Wildman–Crippen MR) is 102 cm³/mol. The first-order chi connectivity index (χ1) is 14.1.